The number of rotatable bonds is 4. The Hall–Kier alpha value is -1.20. The van der Waals surface area contributed by atoms with E-state index in [1.165, 1.54) is 5.56 Å². The van der Waals surface area contributed by atoms with E-state index in [1.54, 1.807) is 11.3 Å². The van der Waals surface area contributed by atoms with Gasteiger partial charge in [0.1, 0.15) is 0 Å². The van der Waals surface area contributed by atoms with Gasteiger partial charge < -0.3 is 9.84 Å². The van der Waals surface area contributed by atoms with Gasteiger partial charge in [0.05, 0.1) is 6.04 Å². The highest BCUT2D eigenvalue weighted by atomic mass is 32.1. The Kier molecular flexibility index (Phi) is 3.82. The van der Waals surface area contributed by atoms with Crippen molar-refractivity contribution in [3.8, 4) is 0 Å². The first-order valence-corrected chi connectivity index (χ1v) is 6.99. The number of hydrogen-bond acceptors (Lipinski definition) is 5. The second-order valence-electron chi connectivity index (χ2n) is 5.44. The second-order valence-corrected chi connectivity index (χ2v) is 6.22. The molecule has 0 aliphatic rings. The van der Waals surface area contributed by atoms with E-state index >= 15 is 0 Å². The van der Waals surface area contributed by atoms with Crippen LogP contribution >= 0.6 is 11.3 Å². The molecular weight excluding hydrogens is 246 g/mol. The van der Waals surface area contributed by atoms with E-state index in [9.17, 15) is 0 Å². The summed E-state index contributed by atoms with van der Waals surface area (Å²) in [5, 5.41) is 11.6. The lowest BCUT2D eigenvalue weighted by Gasteiger charge is -2.11. The molecule has 2 aromatic heterocycles. The highest BCUT2D eigenvalue weighted by molar-refractivity contribution is 7.07. The summed E-state index contributed by atoms with van der Waals surface area (Å²) >= 11 is 1.70. The predicted octanol–water partition coefficient (Wildman–Crippen LogP) is 3.28. The molecule has 18 heavy (non-hydrogen) atoms. The number of aromatic nitrogens is 2. The zero-order chi connectivity index (χ0) is 13.2. The molecule has 0 amide bonds. The van der Waals surface area contributed by atoms with Gasteiger partial charge in [-0.05, 0) is 29.3 Å². The van der Waals surface area contributed by atoms with Crippen LogP contribution in [-0.2, 0) is 12.0 Å². The Balaban J connectivity index is 1.96. The van der Waals surface area contributed by atoms with Gasteiger partial charge in [0.15, 0.2) is 5.82 Å². The highest BCUT2D eigenvalue weighted by Crippen LogP contribution is 2.20. The molecule has 0 aliphatic carbocycles. The molecule has 0 aliphatic heterocycles. The van der Waals surface area contributed by atoms with Crippen LogP contribution in [0, 0.1) is 0 Å². The average Bonchev–Trinajstić information content (AvgIpc) is 2.96. The Morgan fingerprint density at radius 3 is 2.78 bits per heavy atom. The second kappa shape index (κ2) is 5.20. The minimum Gasteiger partial charge on any atom is -0.338 e. The van der Waals surface area contributed by atoms with Crippen molar-refractivity contribution in [3.05, 3.63) is 34.1 Å². The van der Waals surface area contributed by atoms with Crippen molar-refractivity contribution in [2.75, 3.05) is 0 Å². The Morgan fingerprint density at radius 2 is 2.22 bits per heavy atom. The molecule has 1 unspecified atom stereocenters. The van der Waals surface area contributed by atoms with E-state index in [1.807, 2.05) is 6.92 Å². The molecule has 98 valence electrons. The van der Waals surface area contributed by atoms with Crippen molar-refractivity contribution in [1.82, 2.24) is 15.5 Å². The first kappa shape index (κ1) is 13.2. The molecule has 4 nitrogen and oxygen atoms in total. The van der Waals surface area contributed by atoms with Crippen LogP contribution < -0.4 is 5.32 Å². The fraction of sp³-hybridized carbons (Fsp3) is 0.538. The fourth-order valence-corrected chi connectivity index (χ4v) is 2.14. The number of nitrogens with one attached hydrogen (secondary N) is 1. The molecule has 0 radical (unpaired) electrons. The molecule has 0 fully saturated rings. The molecule has 1 N–H and O–H groups in total. The normalized spacial score (nSPS) is 13.8. The van der Waals surface area contributed by atoms with Crippen LogP contribution in [0.5, 0.6) is 0 Å². The van der Waals surface area contributed by atoms with Crippen molar-refractivity contribution in [3.63, 3.8) is 0 Å². The highest BCUT2D eigenvalue weighted by Gasteiger charge is 2.22. The van der Waals surface area contributed by atoms with Crippen LogP contribution in [0.2, 0.25) is 0 Å². The van der Waals surface area contributed by atoms with Gasteiger partial charge in [0.2, 0.25) is 5.89 Å². The number of hydrogen-bond donors (Lipinski definition) is 1. The van der Waals surface area contributed by atoms with Crippen molar-refractivity contribution >= 4 is 11.3 Å². The summed E-state index contributed by atoms with van der Waals surface area (Å²) in [4.78, 5) is 4.44. The maximum absolute atomic E-state index is 5.30. The lowest BCUT2D eigenvalue weighted by molar-refractivity contribution is 0.330. The van der Waals surface area contributed by atoms with Crippen molar-refractivity contribution < 1.29 is 4.52 Å². The standard InChI is InChI=1S/C13H19N3OS/c1-9(14-7-10-5-6-18-8-10)11-15-12(16-17-11)13(2,3)4/h5-6,8-9,14H,7H2,1-4H3. The summed E-state index contributed by atoms with van der Waals surface area (Å²) in [6, 6.07) is 2.17. The van der Waals surface area contributed by atoms with E-state index in [4.69, 9.17) is 4.52 Å². The van der Waals surface area contributed by atoms with Crippen molar-refractivity contribution in [2.45, 2.75) is 45.7 Å². The largest absolute Gasteiger partial charge is 0.338 e. The van der Waals surface area contributed by atoms with E-state index in [2.05, 4.69) is 53.1 Å². The maximum Gasteiger partial charge on any atom is 0.243 e. The fourth-order valence-electron chi connectivity index (χ4n) is 1.47. The summed E-state index contributed by atoms with van der Waals surface area (Å²) in [6.07, 6.45) is 0. The third kappa shape index (κ3) is 3.17. The number of nitrogens with zero attached hydrogens (tertiary/aromatic N) is 2. The lowest BCUT2D eigenvalue weighted by atomic mass is 9.96. The van der Waals surface area contributed by atoms with Gasteiger partial charge in [0.25, 0.3) is 0 Å². The quantitative estimate of drug-likeness (QED) is 0.921. The van der Waals surface area contributed by atoms with E-state index in [-0.39, 0.29) is 11.5 Å². The number of thiophene rings is 1. The molecule has 0 aromatic carbocycles. The predicted molar refractivity (Wildman–Crippen MR) is 72.6 cm³/mol. The first-order valence-electron chi connectivity index (χ1n) is 6.05. The molecule has 1 atom stereocenters. The molecule has 2 heterocycles. The lowest BCUT2D eigenvalue weighted by Crippen LogP contribution is -2.19. The summed E-state index contributed by atoms with van der Waals surface area (Å²) < 4.78 is 5.30. The van der Waals surface area contributed by atoms with Gasteiger partial charge >= 0.3 is 0 Å². The topological polar surface area (TPSA) is 51.0 Å². The van der Waals surface area contributed by atoms with E-state index in [0.29, 0.717) is 5.89 Å². The Labute approximate surface area is 111 Å². The monoisotopic (exact) mass is 265 g/mol. The Bertz CT molecular complexity index is 485. The molecule has 2 rings (SSSR count). The zero-order valence-corrected chi connectivity index (χ0v) is 12.0. The van der Waals surface area contributed by atoms with E-state index in [0.717, 1.165) is 12.4 Å². The molecule has 0 saturated heterocycles. The van der Waals surface area contributed by atoms with Crippen LogP contribution in [0.4, 0.5) is 0 Å². The van der Waals surface area contributed by atoms with Crippen LogP contribution in [0.25, 0.3) is 0 Å². The zero-order valence-electron chi connectivity index (χ0n) is 11.2. The smallest absolute Gasteiger partial charge is 0.243 e. The molecule has 0 saturated carbocycles. The van der Waals surface area contributed by atoms with Gasteiger partial charge in [-0.25, -0.2) is 0 Å². The van der Waals surface area contributed by atoms with Gasteiger partial charge in [-0.15, -0.1) is 0 Å². The average molecular weight is 265 g/mol. The van der Waals surface area contributed by atoms with Crippen LogP contribution in [0.1, 0.15) is 51.0 Å². The summed E-state index contributed by atoms with van der Waals surface area (Å²) in [7, 11) is 0. The van der Waals surface area contributed by atoms with Gasteiger partial charge in [-0.2, -0.15) is 16.3 Å². The molecule has 5 heteroatoms. The van der Waals surface area contributed by atoms with Gasteiger partial charge in [-0.1, -0.05) is 25.9 Å². The van der Waals surface area contributed by atoms with Crippen LogP contribution in [0.15, 0.2) is 21.3 Å². The molecular formula is C13H19N3OS. The summed E-state index contributed by atoms with van der Waals surface area (Å²) in [5.41, 5.74) is 1.21. The van der Waals surface area contributed by atoms with Crippen molar-refractivity contribution in [2.24, 2.45) is 0 Å². The first-order chi connectivity index (χ1) is 8.47. The van der Waals surface area contributed by atoms with E-state index < -0.39 is 0 Å². The van der Waals surface area contributed by atoms with Gasteiger partial charge in [0, 0.05) is 12.0 Å². The minimum absolute atomic E-state index is 0.0634. The van der Waals surface area contributed by atoms with Crippen LogP contribution in [-0.4, -0.2) is 10.1 Å². The molecule has 2 aromatic rings. The Morgan fingerprint density at radius 1 is 1.44 bits per heavy atom. The third-order valence-electron chi connectivity index (χ3n) is 2.68. The maximum atomic E-state index is 5.30. The van der Waals surface area contributed by atoms with Gasteiger partial charge in [-0.3, -0.25) is 0 Å². The van der Waals surface area contributed by atoms with Crippen molar-refractivity contribution in [1.29, 1.82) is 0 Å². The summed E-state index contributed by atoms with van der Waals surface area (Å²) in [5.74, 6) is 1.40. The minimum atomic E-state index is -0.0746. The SMILES string of the molecule is CC(NCc1ccsc1)c1nc(C(C)(C)C)no1. The third-order valence-corrected chi connectivity index (χ3v) is 3.41. The van der Waals surface area contributed by atoms with Crippen LogP contribution in [0.3, 0.4) is 0 Å². The molecule has 0 bridgehead atoms. The molecule has 0 spiro atoms. The summed E-state index contributed by atoms with van der Waals surface area (Å²) in [6.45, 7) is 9.07.